The van der Waals surface area contributed by atoms with Gasteiger partial charge in [0.25, 0.3) is 5.56 Å². The van der Waals surface area contributed by atoms with Gasteiger partial charge in [0.05, 0.1) is 11.8 Å². The quantitative estimate of drug-likeness (QED) is 0.689. The minimum absolute atomic E-state index is 0.0866. The zero-order valence-electron chi connectivity index (χ0n) is 9.48. The van der Waals surface area contributed by atoms with Gasteiger partial charge in [-0.15, -0.1) is 0 Å². The molecule has 0 amide bonds. The average molecular weight is 238 g/mol. The van der Waals surface area contributed by atoms with E-state index >= 15 is 0 Å². The van der Waals surface area contributed by atoms with E-state index in [-0.39, 0.29) is 5.56 Å². The van der Waals surface area contributed by atoms with Gasteiger partial charge in [0.1, 0.15) is 6.26 Å². The maximum Gasteiger partial charge on any atom is 0.255 e. The van der Waals surface area contributed by atoms with Gasteiger partial charge in [-0.3, -0.25) is 9.36 Å². The molecular weight excluding hydrogens is 228 g/mol. The first-order chi connectivity index (χ1) is 8.84. The van der Waals surface area contributed by atoms with Gasteiger partial charge in [0, 0.05) is 18.0 Å². The number of nitrogens with zero attached hydrogens (tertiary/aromatic N) is 2. The molecule has 4 heteroatoms. The number of aromatic nitrogens is 2. The Morgan fingerprint density at radius 2 is 1.89 bits per heavy atom. The first kappa shape index (κ1) is 10.5. The minimum Gasteiger partial charge on any atom is -0.444 e. The first-order valence-corrected chi connectivity index (χ1v) is 5.52. The Kier molecular flexibility index (Phi) is 2.53. The molecule has 0 N–H and O–H groups in total. The SMILES string of the molecule is O=c1ccc(-c2ncco2)cn1-c1ccccc1. The van der Waals surface area contributed by atoms with Crippen LogP contribution < -0.4 is 5.56 Å². The summed E-state index contributed by atoms with van der Waals surface area (Å²) < 4.78 is 6.79. The van der Waals surface area contributed by atoms with Crippen molar-refractivity contribution in [3.05, 3.63) is 71.5 Å². The third kappa shape index (κ3) is 1.84. The van der Waals surface area contributed by atoms with E-state index in [1.165, 1.54) is 12.3 Å². The molecule has 4 nitrogen and oxygen atoms in total. The van der Waals surface area contributed by atoms with E-state index in [1.54, 1.807) is 23.0 Å². The molecule has 0 aliphatic rings. The van der Waals surface area contributed by atoms with Gasteiger partial charge in [0.15, 0.2) is 0 Å². The highest BCUT2D eigenvalue weighted by Gasteiger charge is 2.05. The van der Waals surface area contributed by atoms with Gasteiger partial charge in [0.2, 0.25) is 5.89 Å². The fraction of sp³-hybridized carbons (Fsp3) is 0. The van der Waals surface area contributed by atoms with E-state index in [0.717, 1.165) is 11.3 Å². The summed E-state index contributed by atoms with van der Waals surface area (Å²) in [6.07, 6.45) is 4.81. The van der Waals surface area contributed by atoms with Gasteiger partial charge in [-0.2, -0.15) is 0 Å². The Bertz CT molecular complexity index is 700. The van der Waals surface area contributed by atoms with Crippen LogP contribution in [0, 0.1) is 0 Å². The van der Waals surface area contributed by atoms with Crippen LogP contribution in [0.15, 0.2) is 70.3 Å². The van der Waals surface area contributed by atoms with Crippen molar-refractivity contribution in [2.75, 3.05) is 0 Å². The predicted molar refractivity (Wildman–Crippen MR) is 67.5 cm³/mol. The molecule has 0 radical (unpaired) electrons. The van der Waals surface area contributed by atoms with Crippen LogP contribution in [0.1, 0.15) is 0 Å². The molecule has 18 heavy (non-hydrogen) atoms. The van der Waals surface area contributed by atoms with Crippen LogP contribution >= 0.6 is 0 Å². The molecule has 2 heterocycles. The molecule has 0 aliphatic carbocycles. The molecule has 88 valence electrons. The standard InChI is InChI=1S/C14H10N2O2/c17-13-7-6-11(14-15-8-9-18-14)10-16(13)12-4-2-1-3-5-12/h1-10H. The molecule has 0 saturated heterocycles. The van der Waals surface area contributed by atoms with Gasteiger partial charge in [-0.25, -0.2) is 4.98 Å². The Morgan fingerprint density at radius 1 is 1.06 bits per heavy atom. The predicted octanol–water partition coefficient (Wildman–Crippen LogP) is 2.49. The number of para-hydroxylation sites is 1. The highest BCUT2D eigenvalue weighted by atomic mass is 16.3. The Hall–Kier alpha value is -2.62. The van der Waals surface area contributed by atoms with Crippen LogP contribution in [0.2, 0.25) is 0 Å². The Labute approximate surface area is 103 Å². The van der Waals surface area contributed by atoms with Crippen molar-refractivity contribution in [3.63, 3.8) is 0 Å². The molecule has 3 aromatic rings. The lowest BCUT2D eigenvalue weighted by Crippen LogP contribution is -2.16. The van der Waals surface area contributed by atoms with Crippen molar-refractivity contribution in [1.29, 1.82) is 0 Å². The highest BCUT2D eigenvalue weighted by Crippen LogP contribution is 2.16. The monoisotopic (exact) mass is 238 g/mol. The van der Waals surface area contributed by atoms with Crippen molar-refractivity contribution in [2.24, 2.45) is 0 Å². The zero-order chi connectivity index (χ0) is 12.4. The van der Waals surface area contributed by atoms with Crippen LogP contribution in [0.4, 0.5) is 0 Å². The summed E-state index contributed by atoms with van der Waals surface area (Å²) in [6, 6.07) is 12.6. The molecule has 0 unspecified atom stereocenters. The van der Waals surface area contributed by atoms with E-state index in [0.29, 0.717) is 5.89 Å². The molecular formula is C14H10N2O2. The number of hydrogen-bond donors (Lipinski definition) is 0. The van der Waals surface area contributed by atoms with Gasteiger partial charge in [-0.1, -0.05) is 18.2 Å². The average Bonchev–Trinajstić information content (AvgIpc) is 2.94. The number of oxazole rings is 1. The fourth-order valence-corrected chi connectivity index (χ4v) is 1.77. The summed E-state index contributed by atoms with van der Waals surface area (Å²) in [5.41, 5.74) is 1.50. The van der Waals surface area contributed by atoms with E-state index in [1.807, 2.05) is 30.3 Å². The van der Waals surface area contributed by atoms with Crippen molar-refractivity contribution >= 4 is 0 Å². The maximum absolute atomic E-state index is 11.9. The Morgan fingerprint density at radius 3 is 2.61 bits per heavy atom. The lowest BCUT2D eigenvalue weighted by molar-refractivity contribution is 0.574. The summed E-state index contributed by atoms with van der Waals surface area (Å²) in [4.78, 5) is 15.9. The van der Waals surface area contributed by atoms with E-state index in [2.05, 4.69) is 4.98 Å². The first-order valence-electron chi connectivity index (χ1n) is 5.52. The van der Waals surface area contributed by atoms with E-state index in [4.69, 9.17) is 4.42 Å². The summed E-state index contributed by atoms with van der Waals surface area (Å²) in [5, 5.41) is 0. The summed E-state index contributed by atoms with van der Waals surface area (Å²) in [5.74, 6) is 0.500. The molecule has 3 rings (SSSR count). The van der Waals surface area contributed by atoms with Crippen molar-refractivity contribution < 1.29 is 4.42 Å². The van der Waals surface area contributed by atoms with Crippen LogP contribution in [0.3, 0.4) is 0 Å². The smallest absolute Gasteiger partial charge is 0.255 e. The fourth-order valence-electron chi connectivity index (χ4n) is 1.77. The molecule has 0 aliphatic heterocycles. The summed E-state index contributed by atoms with van der Waals surface area (Å²) in [7, 11) is 0. The Balaban J connectivity index is 2.16. The van der Waals surface area contributed by atoms with Crippen molar-refractivity contribution in [2.45, 2.75) is 0 Å². The molecule has 0 saturated carbocycles. The minimum atomic E-state index is -0.0866. The van der Waals surface area contributed by atoms with Gasteiger partial charge >= 0.3 is 0 Å². The third-order valence-electron chi connectivity index (χ3n) is 2.62. The van der Waals surface area contributed by atoms with Crippen molar-refractivity contribution in [1.82, 2.24) is 9.55 Å². The number of rotatable bonds is 2. The second-order valence-corrected chi connectivity index (χ2v) is 3.80. The summed E-state index contributed by atoms with van der Waals surface area (Å²) in [6.45, 7) is 0. The zero-order valence-corrected chi connectivity index (χ0v) is 9.48. The number of benzene rings is 1. The van der Waals surface area contributed by atoms with Crippen LogP contribution in [0.5, 0.6) is 0 Å². The summed E-state index contributed by atoms with van der Waals surface area (Å²) >= 11 is 0. The highest BCUT2D eigenvalue weighted by molar-refractivity contribution is 5.52. The largest absolute Gasteiger partial charge is 0.444 e. The van der Waals surface area contributed by atoms with Crippen LogP contribution in [-0.4, -0.2) is 9.55 Å². The second kappa shape index (κ2) is 4.33. The van der Waals surface area contributed by atoms with E-state index in [9.17, 15) is 4.79 Å². The number of hydrogen-bond acceptors (Lipinski definition) is 3. The lowest BCUT2D eigenvalue weighted by Gasteiger charge is -2.06. The van der Waals surface area contributed by atoms with Gasteiger partial charge in [-0.05, 0) is 18.2 Å². The molecule has 1 aromatic carbocycles. The molecule has 0 spiro atoms. The number of pyridine rings is 1. The van der Waals surface area contributed by atoms with Crippen LogP contribution in [0.25, 0.3) is 17.1 Å². The molecule has 0 bridgehead atoms. The lowest BCUT2D eigenvalue weighted by atomic mass is 10.2. The topological polar surface area (TPSA) is 48.0 Å². The van der Waals surface area contributed by atoms with Crippen molar-refractivity contribution in [3.8, 4) is 17.1 Å². The second-order valence-electron chi connectivity index (χ2n) is 3.80. The molecule has 0 fully saturated rings. The molecule has 2 aromatic heterocycles. The van der Waals surface area contributed by atoms with Crippen LogP contribution in [-0.2, 0) is 0 Å². The molecule has 0 atom stereocenters. The van der Waals surface area contributed by atoms with E-state index < -0.39 is 0 Å². The maximum atomic E-state index is 11.9. The van der Waals surface area contributed by atoms with Gasteiger partial charge < -0.3 is 4.42 Å². The normalized spacial score (nSPS) is 10.4. The third-order valence-corrected chi connectivity index (χ3v) is 2.62.